The van der Waals surface area contributed by atoms with Crippen molar-refractivity contribution in [1.82, 2.24) is 0 Å². The number of hydrogen-bond acceptors (Lipinski definition) is 3. The molecule has 4 heteroatoms. The third-order valence-corrected chi connectivity index (χ3v) is 3.05. The number of carbonyl (C=O) groups is 1. The molecule has 0 bridgehead atoms. The molecule has 0 heterocycles. The molecule has 0 fully saturated rings. The lowest BCUT2D eigenvalue weighted by Gasteiger charge is -2.11. The van der Waals surface area contributed by atoms with E-state index in [2.05, 4.69) is 0 Å². The van der Waals surface area contributed by atoms with Gasteiger partial charge in [-0.2, -0.15) is 0 Å². The maximum atomic E-state index is 13.9. The molecule has 0 amide bonds. The zero-order valence-electron chi connectivity index (χ0n) is 11.0. The second kappa shape index (κ2) is 6.30. The summed E-state index contributed by atoms with van der Waals surface area (Å²) >= 11 is 0. The predicted molar refractivity (Wildman–Crippen MR) is 73.1 cm³/mol. The Hall–Kier alpha value is -2.20. The van der Waals surface area contributed by atoms with Crippen LogP contribution in [0.2, 0.25) is 0 Å². The Balaban J connectivity index is 2.16. The molecule has 2 rings (SSSR count). The minimum Gasteiger partial charge on any atom is -0.494 e. The zero-order valence-corrected chi connectivity index (χ0v) is 11.0. The van der Waals surface area contributed by atoms with E-state index in [9.17, 15) is 14.3 Å². The lowest BCUT2D eigenvalue weighted by Crippen LogP contribution is -2.15. The van der Waals surface area contributed by atoms with Crippen LogP contribution in [-0.2, 0) is 11.2 Å². The SMILES string of the molecule is COc1cccc(CC(=O)C(O)c2ccccc2)c1F. The lowest BCUT2D eigenvalue weighted by atomic mass is 9.99. The molecule has 0 aromatic heterocycles. The molecule has 20 heavy (non-hydrogen) atoms. The van der Waals surface area contributed by atoms with Crippen LogP contribution in [0.15, 0.2) is 48.5 Å². The first-order valence-corrected chi connectivity index (χ1v) is 6.20. The monoisotopic (exact) mass is 274 g/mol. The van der Waals surface area contributed by atoms with Crippen molar-refractivity contribution in [3.63, 3.8) is 0 Å². The Morgan fingerprint density at radius 2 is 1.90 bits per heavy atom. The van der Waals surface area contributed by atoms with E-state index in [0.29, 0.717) is 5.56 Å². The van der Waals surface area contributed by atoms with E-state index in [-0.39, 0.29) is 17.7 Å². The second-order valence-corrected chi connectivity index (χ2v) is 4.39. The fourth-order valence-corrected chi connectivity index (χ4v) is 1.96. The number of Topliss-reactive ketones (excluding diaryl/α,β-unsaturated/α-hetero) is 1. The van der Waals surface area contributed by atoms with Gasteiger partial charge in [-0.05, 0) is 17.2 Å². The van der Waals surface area contributed by atoms with Gasteiger partial charge in [0.1, 0.15) is 6.10 Å². The summed E-state index contributed by atoms with van der Waals surface area (Å²) in [6.07, 6.45) is -1.43. The molecule has 1 N–H and O–H groups in total. The second-order valence-electron chi connectivity index (χ2n) is 4.39. The number of aliphatic hydroxyl groups is 1. The average Bonchev–Trinajstić information content (AvgIpc) is 2.49. The van der Waals surface area contributed by atoms with Gasteiger partial charge in [0.2, 0.25) is 0 Å². The first-order valence-electron chi connectivity index (χ1n) is 6.20. The summed E-state index contributed by atoms with van der Waals surface area (Å²) in [5, 5.41) is 9.96. The van der Waals surface area contributed by atoms with Crippen molar-refractivity contribution in [3.8, 4) is 5.75 Å². The lowest BCUT2D eigenvalue weighted by molar-refractivity contribution is -0.126. The van der Waals surface area contributed by atoms with Crippen LogP contribution in [0.3, 0.4) is 0 Å². The summed E-state index contributed by atoms with van der Waals surface area (Å²) in [5.74, 6) is -0.934. The average molecular weight is 274 g/mol. The van der Waals surface area contributed by atoms with E-state index in [1.54, 1.807) is 36.4 Å². The van der Waals surface area contributed by atoms with Crippen molar-refractivity contribution in [3.05, 3.63) is 65.5 Å². The Morgan fingerprint density at radius 1 is 1.20 bits per heavy atom. The molecule has 0 radical (unpaired) electrons. The van der Waals surface area contributed by atoms with Crippen LogP contribution in [0.1, 0.15) is 17.2 Å². The number of rotatable bonds is 5. The van der Waals surface area contributed by atoms with Crippen molar-refractivity contribution in [2.75, 3.05) is 7.11 Å². The van der Waals surface area contributed by atoms with Crippen molar-refractivity contribution in [1.29, 1.82) is 0 Å². The zero-order chi connectivity index (χ0) is 14.5. The number of methoxy groups -OCH3 is 1. The van der Waals surface area contributed by atoms with Crippen molar-refractivity contribution >= 4 is 5.78 Å². The highest BCUT2D eigenvalue weighted by molar-refractivity contribution is 5.86. The van der Waals surface area contributed by atoms with E-state index >= 15 is 0 Å². The van der Waals surface area contributed by atoms with Crippen LogP contribution in [0.4, 0.5) is 4.39 Å². The number of halogens is 1. The molecule has 0 saturated heterocycles. The highest BCUT2D eigenvalue weighted by atomic mass is 19.1. The van der Waals surface area contributed by atoms with Gasteiger partial charge in [-0.1, -0.05) is 42.5 Å². The Bertz CT molecular complexity index is 596. The molecule has 0 saturated carbocycles. The fraction of sp³-hybridized carbons (Fsp3) is 0.188. The molecule has 3 nitrogen and oxygen atoms in total. The van der Waals surface area contributed by atoms with Crippen LogP contribution >= 0.6 is 0 Å². The molecule has 104 valence electrons. The molecule has 1 unspecified atom stereocenters. The molecule has 0 aliphatic carbocycles. The fourth-order valence-electron chi connectivity index (χ4n) is 1.96. The maximum Gasteiger partial charge on any atom is 0.170 e. The van der Waals surface area contributed by atoms with E-state index in [0.717, 1.165) is 0 Å². The number of hydrogen-bond donors (Lipinski definition) is 1. The van der Waals surface area contributed by atoms with Crippen molar-refractivity contribution in [2.24, 2.45) is 0 Å². The quantitative estimate of drug-likeness (QED) is 0.911. The molecule has 2 aromatic rings. The standard InChI is InChI=1S/C16H15FO3/c1-20-14-9-5-8-12(15(14)17)10-13(18)16(19)11-6-3-2-4-7-11/h2-9,16,19H,10H2,1H3. The number of carbonyl (C=O) groups excluding carboxylic acids is 1. The number of ketones is 1. The van der Waals surface area contributed by atoms with Crippen molar-refractivity contribution in [2.45, 2.75) is 12.5 Å². The van der Waals surface area contributed by atoms with Gasteiger partial charge in [0.05, 0.1) is 7.11 Å². The van der Waals surface area contributed by atoms with Gasteiger partial charge < -0.3 is 9.84 Å². The summed E-state index contributed by atoms with van der Waals surface area (Å²) in [7, 11) is 1.36. The maximum absolute atomic E-state index is 13.9. The predicted octanol–water partition coefficient (Wildman–Crippen LogP) is 2.68. The Morgan fingerprint density at radius 3 is 2.55 bits per heavy atom. The number of benzene rings is 2. The largest absolute Gasteiger partial charge is 0.494 e. The molecular formula is C16H15FO3. The number of aliphatic hydroxyl groups excluding tert-OH is 1. The third-order valence-electron chi connectivity index (χ3n) is 3.05. The highest BCUT2D eigenvalue weighted by Gasteiger charge is 2.19. The first kappa shape index (κ1) is 14.2. The molecule has 0 aliphatic rings. The summed E-state index contributed by atoms with van der Waals surface area (Å²) in [6.45, 7) is 0. The summed E-state index contributed by atoms with van der Waals surface area (Å²) in [6, 6.07) is 13.2. The van der Waals surface area contributed by atoms with Gasteiger partial charge in [-0.25, -0.2) is 4.39 Å². The summed E-state index contributed by atoms with van der Waals surface area (Å²) < 4.78 is 18.8. The third kappa shape index (κ3) is 3.03. The van der Waals surface area contributed by atoms with Gasteiger partial charge >= 0.3 is 0 Å². The van der Waals surface area contributed by atoms with Gasteiger partial charge in [0, 0.05) is 6.42 Å². The van der Waals surface area contributed by atoms with Crippen LogP contribution in [0.25, 0.3) is 0 Å². The summed E-state index contributed by atoms with van der Waals surface area (Å²) in [4.78, 5) is 12.0. The Kier molecular flexibility index (Phi) is 4.48. The van der Waals surface area contributed by atoms with Gasteiger partial charge in [0.25, 0.3) is 0 Å². The molecule has 0 spiro atoms. The summed E-state index contributed by atoms with van der Waals surface area (Å²) in [5.41, 5.74) is 0.713. The van der Waals surface area contributed by atoms with Gasteiger partial charge in [0.15, 0.2) is 17.3 Å². The molecule has 2 aromatic carbocycles. The van der Waals surface area contributed by atoms with Crippen LogP contribution in [0.5, 0.6) is 5.75 Å². The van der Waals surface area contributed by atoms with E-state index in [4.69, 9.17) is 4.74 Å². The highest BCUT2D eigenvalue weighted by Crippen LogP contribution is 2.22. The number of ether oxygens (including phenoxy) is 1. The smallest absolute Gasteiger partial charge is 0.170 e. The first-order chi connectivity index (χ1) is 9.63. The van der Waals surface area contributed by atoms with E-state index in [1.807, 2.05) is 0 Å². The van der Waals surface area contributed by atoms with Crippen LogP contribution in [0, 0.1) is 5.82 Å². The van der Waals surface area contributed by atoms with Crippen LogP contribution in [-0.4, -0.2) is 18.0 Å². The van der Waals surface area contributed by atoms with E-state index in [1.165, 1.54) is 19.2 Å². The minimum absolute atomic E-state index is 0.0875. The van der Waals surface area contributed by atoms with E-state index < -0.39 is 17.7 Å². The Labute approximate surface area is 116 Å². The van der Waals surface area contributed by atoms with Crippen LogP contribution < -0.4 is 4.74 Å². The van der Waals surface area contributed by atoms with Crippen molar-refractivity contribution < 1.29 is 19.0 Å². The molecule has 1 atom stereocenters. The normalized spacial score (nSPS) is 11.9. The molecule has 0 aliphatic heterocycles. The topological polar surface area (TPSA) is 46.5 Å². The van der Waals surface area contributed by atoms with Gasteiger partial charge in [-0.15, -0.1) is 0 Å². The minimum atomic E-state index is -1.25. The molecular weight excluding hydrogens is 259 g/mol. The van der Waals surface area contributed by atoms with Gasteiger partial charge in [-0.3, -0.25) is 4.79 Å².